The van der Waals surface area contributed by atoms with Gasteiger partial charge >= 0.3 is 5.97 Å². The molecule has 0 N–H and O–H groups in total. The standard InChI is InChI=1S/C10H10ClF2NO2/c1-3-16-10(15)7-6(9(12)13)5(2)4-14-8(7)11/h4,9H,3H2,1-2H3. The van der Waals surface area contributed by atoms with E-state index < -0.39 is 18.0 Å². The van der Waals surface area contributed by atoms with Crippen molar-refractivity contribution in [2.45, 2.75) is 20.3 Å². The van der Waals surface area contributed by atoms with Crippen LogP contribution < -0.4 is 0 Å². The van der Waals surface area contributed by atoms with E-state index in [1.807, 2.05) is 0 Å². The molecule has 0 aromatic carbocycles. The van der Waals surface area contributed by atoms with Crippen LogP contribution in [0.15, 0.2) is 6.20 Å². The van der Waals surface area contributed by atoms with Crippen molar-refractivity contribution in [1.82, 2.24) is 4.98 Å². The molecule has 0 amide bonds. The monoisotopic (exact) mass is 249 g/mol. The van der Waals surface area contributed by atoms with Gasteiger partial charge in [-0.25, -0.2) is 18.6 Å². The van der Waals surface area contributed by atoms with Crippen LogP contribution in [0.1, 0.15) is 34.8 Å². The van der Waals surface area contributed by atoms with Gasteiger partial charge < -0.3 is 4.74 Å². The average molecular weight is 250 g/mol. The van der Waals surface area contributed by atoms with Gasteiger partial charge in [0, 0.05) is 11.8 Å². The molecule has 1 aromatic rings. The van der Waals surface area contributed by atoms with Crippen LogP contribution >= 0.6 is 11.6 Å². The molecule has 0 saturated heterocycles. The fourth-order valence-electron chi connectivity index (χ4n) is 1.27. The van der Waals surface area contributed by atoms with Crippen molar-refractivity contribution in [1.29, 1.82) is 0 Å². The summed E-state index contributed by atoms with van der Waals surface area (Å²) in [6.45, 7) is 3.11. The molecule has 1 heterocycles. The van der Waals surface area contributed by atoms with E-state index in [2.05, 4.69) is 9.72 Å². The molecule has 0 atom stereocenters. The summed E-state index contributed by atoms with van der Waals surface area (Å²) >= 11 is 5.63. The van der Waals surface area contributed by atoms with Crippen molar-refractivity contribution >= 4 is 17.6 Å². The Bertz CT molecular complexity index is 410. The highest BCUT2D eigenvalue weighted by Gasteiger charge is 2.25. The first-order valence-electron chi connectivity index (χ1n) is 4.59. The number of pyridine rings is 1. The van der Waals surface area contributed by atoms with Crippen molar-refractivity contribution in [2.24, 2.45) is 0 Å². The fourth-order valence-corrected chi connectivity index (χ4v) is 1.50. The second-order valence-corrected chi connectivity index (χ2v) is 3.40. The maximum absolute atomic E-state index is 12.8. The summed E-state index contributed by atoms with van der Waals surface area (Å²) in [5.41, 5.74) is -0.556. The first-order valence-corrected chi connectivity index (χ1v) is 4.97. The van der Waals surface area contributed by atoms with Crippen LogP contribution in [0, 0.1) is 6.92 Å². The lowest BCUT2D eigenvalue weighted by Crippen LogP contribution is -2.11. The van der Waals surface area contributed by atoms with Crippen molar-refractivity contribution in [3.05, 3.63) is 28.0 Å². The normalized spacial score (nSPS) is 10.6. The third kappa shape index (κ3) is 2.47. The minimum absolute atomic E-state index is 0.0891. The number of nitrogens with zero attached hydrogens (tertiary/aromatic N) is 1. The topological polar surface area (TPSA) is 39.2 Å². The van der Waals surface area contributed by atoms with Crippen LogP contribution in [0.3, 0.4) is 0 Å². The molecule has 88 valence electrons. The summed E-state index contributed by atoms with van der Waals surface area (Å²) in [4.78, 5) is 15.1. The number of carbonyl (C=O) groups is 1. The lowest BCUT2D eigenvalue weighted by molar-refractivity contribution is 0.0514. The Morgan fingerprint density at radius 1 is 1.62 bits per heavy atom. The van der Waals surface area contributed by atoms with Crippen LogP contribution in [0.4, 0.5) is 8.78 Å². The summed E-state index contributed by atoms with van der Waals surface area (Å²) in [7, 11) is 0. The Hall–Kier alpha value is -1.23. The number of rotatable bonds is 3. The Morgan fingerprint density at radius 2 is 2.25 bits per heavy atom. The van der Waals surface area contributed by atoms with Gasteiger partial charge in [0.05, 0.1) is 6.61 Å². The number of alkyl halides is 2. The third-order valence-corrected chi connectivity index (χ3v) is 2.26. The van der Waals surface area contributed by atoms with Gasteiger partial charge in [-0.2, -0.15) is 0 Å². The molecule has 0 radical (unpaired) electrons. The van der Waals surface area contributed by atoms with Gasteiger partial charge in [-0.05, 0) is 19.4 Å². The predicted octanol–water partition coefficient (Wildman–Crippen LogP) is 3.16. The first-order chi connectivity index (χ1) is 7.49. The van der Waals surface area contributed by atoms with Crippen LogP contribution in [0.2, 0.25) is 5.15 Å². The van der Waals surface area contributed by atoms with Gasteiger partial charge in [0.15, 0.2) is 0 Å². The number of ether oxygens (including phenoxy) is 1. The summed E-state index contributed by atoms with van der Waals surface area (Å²) in [6.07, 6.45) is -1.59. The van der Waals surface area contributed by atoms with E-state index in [1.165, 1.54) is 13.1 Å². The summed E-state index contributed by atoms with van der Waals surface area (Å²) < 4.78 is 30.2. The number of carbonyl (C=O) groups excluding carboxylic acids is 1. The minimum atomic E-state index is -2.79. The van der Waals surface area contributed by atoms with Crippen LogP contribution in [0.5, 0.6) is 0 Å². The average Bonchev–Trinajstić information content (AvgIpc) is 2.20. The minimum Gasteiger partial charge on any atom is -0.462 e. The largest absolute Gasteiger partial charge is 0.462 e. The van der Waals surface area contributed by atoms with Crippen molar-refractivity contribution in [3.8, 4) is 0 Å². The number of hydrogen-bond donors (Lipinski definition) is 0. The zero-order valence-corrected chi connectivity index (χ0v) is 9.52. The van der Waals surface area contributed by atoms with Gasteiger partial charge in [-0.1, -0.05) is 11.6 Å². The summed E-state index contributed by atoms with van der Waals surface area (Å²) in [5, 5.41) is -0.264. The van der Waals surface area contributed by atoms with Crippen LogP contribution in [-0.4, -0.2) is 17.6 Å². The molecule has 16 heavy (non-hydrogen) atoms. The second kappa shape index (κ2) is 5.21. The van der Waals surface area contributed by atoms with E-state index in [9.17, 15) is 13.6 Å². The lowest BCUT2D eigenvalue weighted by atomic mass is 10.1. The SMILES string of the molecule is CCOC(=O)c1c(Cl)ncc(C)c1C(F)F. The smallest absolute Gasteiger partial charge is 0.341 e. The van der Waals surface area contributed by atoms with Crippen molar-refractivity contribution in [2.75, 3.05) is 6.61 Å². The second-order valence-electron chi connectivity index (χ2n) is 3.04. The van der Waals surface area contributed by atoms with Gasteiger partial charge in [-0.3, -0.25) is 0 Å². The molecule has 0 saturated carbocycles. The Morgan fingerprint density at radius 3 is 2.75 bits per heavy atom. The zero-order valence-electron chi connectivity index (χ0n) is 8.76. The molecule has 6 heteroatoms. The van der Waals surface area contributed by atoms with Crippen LogP contribution in [-0.2, 0) is 4.74 Å². The molecule has 1 rings (SSSR count). The van der Waals surface area contributed by atoms with Crippen molar-refractivity contribution < 1.29 is 18.3 Å². The van der Waals surface area contributed by atoms with Gasteiger partial charge in [0.2, 0.25) is 0 Å². The van der Waals surface area contributed by atoms with E-state index in [0.29, 0.717) is 0 Å². The molecule has 3 nitrogen and oxygen atoms in total. The maximum atomic E-state index is 12.8. The van der Waals surface area contributed by atoms with E-state index in [1.54, 1.807) is 6.92 Å². The first kappa shape index (κ1) is 12.8. The maximum Gasteiger partial charge on any atom is 0.341 e. The molecule has 0 spiro atoms. The van der Waals surface area contributed by atoms with Gasteiger partial charge in [0.1, 0.15) is 10.7 Å². The predicted molar refractivity (Wildman–Crippen MR) is 54.9 cm³/mol. The molecular formula is C10H10ClF2NO2. The molecule has 0 aliphatic heterocycles. The Labute approximate surface area is 96.4 Å². The quantitative estimate of drug-likeness (QED) is 0.610. The molecule has 0 bridgehead atoms. The van der Waals surface area contributed by atoms with E-state index in [-0.39, 0.29) is 22.9 Å². The lowest BCUT2D eigenvalue weighted by Gasteiger charge is -2.11. The van der Waals surface area contributed by atoms with E-state index in [4.69, 9.17) is 11.6 Å². The van der Waals surface area contributed by atoms with E-state index in [0.717, 1.165) is 0 Å². The Balaban J connectivity index is 3.34. The highest BCUT2D eigenvalue weighted by molar-refractivity contribution is 6.32. The van der Waals surface area contributed by atoms with Crippen molar-refractivity contribution in [3.63, 3.8) is 0 Å². The molecule has 0 unspecified atom stereocenters. The summed E-state index contributed by atoms with van der Waals surface area (Å²) in [5.74, 6) is -0.876. The fraction of sp³-hybridized carbons (Fsp3) is 0.400. The molecule has 0 aliphatic carbocycles. The summed E-state index contributed by atoms with van der Waals surface area (Å²) in [6, 6.07) is 0. The number of aryl methyl sites for hydroxylation is 1. The number of hydrogen-bond acceptors (Lipinski definition) is 3. The molecule has 0 aliphatic rings. The molecule has 1 aromatic heterocycles. The highest BCUT2D eigenvalue weighted by Crippen LogP contribution is 2.30. The number of esters is 1. The number of halogens is 3. The zero-order chi connectivity index (χ0) is 12.3. The number of aromatic nitrogens is 1. The molecule has 0 fully saturated rings. The molecular weight excluding hydrogens is 240 g/mol. The van der Waals surface area contributed by atoms with Gasteiger partial charge in [-0.15, -0.1) is 0 Å². The third-order valence-electron chi connectivity index (χ3n) is 1.97. The van der Waals surface area contributed by atoms with E-state index >= 15 is 0 Å². The van der Waals surface area contributed by atoms with Gasteiger partial charge in [0.25, 0.3) is 6.43 Å². The van der Waals surface area contributed by atoms with Crippen LogP contribution in [0.25, 0.3) is 0 Å². The Kier molecular flexibility index (Phi) is 4.18. The highest BCUT2D eigenvalue weighted by atomic mass is 35.5.